The largest absolute Gasteiger partial charge is 0.480 e. The molecule has 0 unspecified atom stereocenters. The summed E-state index contributed by atoms with van der Waals surface area (Å²) in [5, 5.41) is 13.4. The van der Waals surface area contributed by atoms with Gasteiger partial charge in [-0.3, -0.25) is 4.79 Å². The molecule has 0 aliphatic heterocycles. The third-order valence-electron chi connectivity index (χ3n) is 6.47. The number of hydrogen-bond acceptors (Lipinski definition) is 2. The van der Waals surface area contributed by atoms with Crippen LogP contribution in [-0.4, -0.2) is 36.1 Å². The predicted octanol–water partition coefficient (Wildman–Crippen LogP) is 6.52. The molecule has 1 aromatic carbocycles. The third kappa shape index (κ3) is 9.19. The second-order valence-electron chi connectivity index (χ2n) is 9.91. The molecule has 2 aromatic rings. The summed E-state index contributed by atoms with van der Waals surface area (Å²) < 4.78 is 0. The van der Waals surface area contributed by atoms with Crippen LogP contribution in [0.25, 0.3) is 10.9 Å². The summed E-state index contributed by atoms with van der Waals surface area (Å²) in [7, 11) is -1.44. The van der Waals surface area contributed by atoms with Crippen molar-refractivity contribution in [2.24, 2.45) is 0 Å². The number of aromatic amines is 1. The van der Waals surface area contributed by atoms with Gasteiger partial charge in [0.25, 0.3) is 0 Å². The van der Waals surface area contributed by atoms with Crippen LogP contribution in [0, 0.1) is 0 Å². The number of aliphatic carboxylic acids is 1. The standard InChI is InChI=1S/C26H42N2O3Si/c1-4-5-6-7-8-9-10-13-17-32(2,3)18-16-25(29)28-24(26(30)31)19-21-20-27-23-15-12-11-14-22(21)23/h11-12,14-15,20,24,27H,4-10,13,16-19H2,1-3H3,(H,28,29)(H,30,31)/t24-/m0/s1. The lowest BCUT2D eigenvalue weighted by atomic mass is 10.0. The molecular formula is C26H42N2O3Si. The van der Waals surface area contributed by atoms with E-state index in [4.69, 9.17) is 0 Å². The van der Waals surface area contributed by atoms with Crippen molar-refractivity contribution in [3.05, 3.63) is 36.0 Å². The highest BCUT2D eigenvalue weighted by Crippen LogP contribution is 2.22. The van der Waals surface area contributed by atoms with E-state index in [9.17, 15) is 14.7 Å². The highest BCUT2D eigenvalue weighted by atomic mass is 28.3. The Kier molecular flexibility index (Phi) is 11.0. The molecular weight excluding hydrogens is 416 g/mol. The zero-order valence-corrected chi connectivity index (χ0v) is 21.2. The first kappa shape index (κ1) is 26.2. The van der Waals surface area contributed by atoms with Gasteiger partial charge in [-0.15, -0.1) is 0 Å². The maximum absolute atomic E-state index is 12.5. The number of para-hydroxylation sites is 1. The van der Waals surface area contributed by atoms with Gasteiger partial charge in [0.05, 0.1) is 0 Å². The summed E-state index contributed by atoms with van der Waals surface area (Å²) in [5.41, 5.74) is 1.89. The number of benzene rings is 1. The molecule has 178 valence electrons. The summed E-state index contributed by atoms with van der Waals surface area (Å²) in [6, 6.07) is 9.07. The molecule has 0 aliphatic rings. The Balaban J connectivity index is 1.72. The number of nitrogens with one attached hydrogen (secondary N) is 2. The molecule has 0 saturated heterocycles. The average molecular weight is 459 g/mol. The number of fused-ring (bicyclic) bond motifs is 1. The maximum atomic E-state index is 12.5. The van der Waals surface area contributed by atoms with Crippen molar-refractivity contribution in [1.82, 2.24) is 10.3 Å². The molecule has 2 rings (SSSR count). The van der Waals surface area contributed by atoms with E-state index in [1.165, 1.54) is 57.4 Å². The lowest BCUT2D eigenvalue weighted by Crippen LogP contribution is -2.42. The highest BCUT2D eigenvalue weighted by molar-refractivity contribution is 6.77. The molecule has 3 N–H and O–H groups in total. The van der Waals surface area contributed by atoms with E-state index in [0.29, 0.717) is 6.42 Å². The molecule has 0 spiro atoms. The molecule has 1 heterocycles. The number of amides is 1. The molecule has 1 amide bonds. The average Bonchev–Trinajstić information content (AvgIpc) is 3.16. The summed E-state index contributed by atoms with van der Waals surface area (Å²) in [6.07, 6.45) is 13.1. The van der Waals surface area contributed by atoms with Gasteiger partial charge >= 0.3 is 5.97 Å². The number of hydrogen-bond donors (Lipinski definition) is 3. The first-order valence-electron chi connectivity index (χ1n) is 12.4. The Bertz CT molecular complexity index is 846. The highest BCUT2D eigenvalue weighted by Gasteiger charge is 2.25. The topological polar surface area (TPSA) is 82.2 Å². The van der Waals surface area contributed by atoms with Crippen LogP contribution in [0.4, 0.5) is 0 Å². The number of rotatable bonds is 16. The van der Waals surface area contributed by atoms with Crippen LogP contribution in [0.3, 0.4) is 0 Å². The summed E-state index contributed by atoms with van der Waals surface area (Å²) in [4.78, 5) is 27.5. The fourth-order valence-corrected chi connectivity index (χ4v) is 6.66. The predicted molar refractivity (Wildman–Crippen MR) is 136 cm³/mol. The number of carboxylic acid groups (broad SMARTS) is 1. The normalized spacial score (nSPS) is 12.7. The van der Waals surface area contributed by atoms with E-state index in [1.54, 1.807) is 0 Å². The van der Waals surface area contributed by atoms with Crippen LogP contribution in [0.2, 0.25) is 25.2 Å². The molecule has 0 aliphatic carbocycles. The fraction of sp³-hybridized carbons (Fsp3) is 0.615. The monoisotopic (exact) mass is 458 g/mol. The fourth-order valence-electron chi connectivity index (χ4n) is 4.30. The Labute approximate surface area is 194 Å². The van der Waals surface area contributed by atoms with Gasteiger partial charge in [0.2, 0.25) is 5.91 Å². The smallest absolute Gasteiger partial charge is 0.326 e. The number of unbranched alkanes of at least 4 members (excludes halogenated alkanes) is 7. The molecule has 1 aromatic heterocycles. The Morgan fingerprint density at radius 1 is 1.00 bits per heavy atom. The number of carbonyl (C=O) groups excluding carboxylic acids is 1. The van der Waals surface area contributed by atoms with Crippen LogP contribution in [0.15, 0.2) is 30.5 Å². The molecule has 0 fully saturated rings. The van der Waals surface area contributed by atoms with Crippen LogP contribution in [-0.2, 0) is 16.0 Å². The van der Waals surface area contributed by atoms with Crippen molar-refractivity contribution in [1.29, 1.82) is 0 Å². The zero-order chi connectivity index (χ0) is 23.4. The van der Waals surface area contributed by atoms with E-state index < -0.39 is 20.1 Å². The molecule has 0 saturated carbocycles. The van der Waals surface area contributed by atoms with Gasteiger partial charge in [0.1, 0.15) is 6.04 Å². The van der Waals surface area contributed by atoms with Crippen LogP contribution in [0.5, 0.6) is 0 Å². The minimum Gasteiger partial charge on any atom is -0.480 e. The second kappa shape index (κ2) is 13.5. The van der Waals surface area contributed by atoms with Crippen molar-refractivity contribution in [2.45, 2.75) is 102 Å². The third-order valence-corrected chi connectivity index (χ3v) is 9.78. The quantitative estimate of drug-likeness (QED) is 0.198. The summed E-state index contributed by atoms with van der Waals surface area (Å²) in [6.45, 7) is 6.95. The van der Waals surface area contributed by atoms with Gasteiger partial charge in [-0.2, -0.15) is 0 Å². The molecule has 5 nitrogen and oxygen atoms in total. The first-order chi connectivity index (χ1) is 15.3. The van der Waals surface area contributed by atoms with Crippen molar-refractivity contribution in [3.8, 4) is 0 Å². The van der Waals surface area contributed by atoms with Crippen LogP contribution >= 0.6 is 0 Å². The lowest BCUT2D eigenvalue weighted by Gasteiger charge is -2.22. The van der Waals surface area contributed by atoms with Gasteiger partial charge in [-0.25, -0.2) is 4.79 Å². The van der Waals surface area contributed by atoms with Gasteiger partial charge in [-0.1, -0.05) is 95.6 Å². The van der Waals surface area contributed by atoms with Crippen molar-refractivity contribution in [2.75, 3.05) is 0 Å². The summed E-state index contributed by atoms with van der Waals surface area (Å²) in [5.74, 6) is -1.13. The molecule has 6 heteroatoms. The second-order valence-corrected chi connectivity index (χ2v) is 15.2. The molecule has 1 atom stereocenters. The van der Waals surface area contributed by atoms with Gasteiger partial charge < -0.3 is 15.4 Å². The Morgan fingerprint density at radius 3 is 2.34 bits per heavy atom. The molecule has 0 radical (unpaired) electrons. The van der Waals surface area contributed by atoms with E-state index >= 15 is 0 Å². The number of carbonyl (C=O) groups is 2. The first-order valence-corrected chi connectivity index (χ1v) is 15.8. The molecule has 32 heavy (non-hydrogen) atoms. The Morgan fingerprint density at radius 2 is 1.66 bits per heavy atom. The zero-order valence-electron chi connectivity index (χ0n) is 20.2. The van der Waals surface area contributed by atoms with Gasteiger partial charge in [-0.05, 0) is 17.7 Å². The van der Waals surface area contributed by atoms with Gasteiger partial charge in [0.15, 0.2) is 0 Å². The number of H-pyrrole nitrogens is 1. The Hall–Kier alpha value is -2.08. The van der Waals surface area contributed by atoms with E-state index in [0.717, 1.165) is 22.5 Å². The molecule has 0 bridgehead atoms. The van der Waals surface area contributed by atoms with Crippen LogP contribution in [0.1, 0.15) is 70.3 Å². The SMILES string of the molecule is CCCCCCCCCC[Si](C)(C)CCC(=O)N[C@@H](Cc1c[nH]c2ccccc12)C(=O)O. The van der Waals surface area contributed by atoms with E-state index in [1.807, 2.05) is 30.5 Å². The van der Waals surface area contributed by atoms with E-state index in [2.05, 4.69) is 30.3 Å². The maximum Gasteiger partial charge on any atom is 0.326 e. The van der Waals surface area contributed by atoms with Crippen LogP contribution < -0.4 is 5.32 Å². The number of aromatic nitrogens is 1. The number of carboxylic acids is 1. The minimum atomic E-state index is -1.44. The van der Waals surface area contributed by atoms with Gasteiger partial charge in [0, 0.05) is 38.0 Å². The summed E-state index contributed by atoms with van der Waals surface area (Å²) >= 11 is 0. The van der Waals surface area contributed by atoms with Crippen molar-refractivity contribution >= 4 is 30.9 Å². The van der Waals surface area contributed by atoms with Crippen molar-refractivity contribution in [3.63, 3.8) is 0 Å². The lowest BCUT2D eigenvalue weighted by molar-refractivity contribution is -0.141. The minimum absolute atomic E-state index is 0.145. The van der Waals surface area contributed by atoms with Crippen molar-refractivity contribution < 1.29 is 14.7 Å². The van der Waals surface area contributed by atoms with E-state index in [-0.39, 0.29) is 12.3 Å².